The van der Waals surface area contributed by atoms with Crippen LogP contribution in [-0.2, 0) is 3.93 Å². The van der Waals surface area contributed by atoms with Gasteiger partial charge in [-0.15, -0.1) is 11.3 Å². The summed E-state index contributed by atoms with van der Waals surface area (Å²) in [6, 6.07) is 8.79. The molecule has 0 radical (unpaired) electrons. The van der Waals surface area contributed by atoms with Gasteiger partial charge in [-0.3, -0.25) is 4.98 Å². The summed E-state index contributed by atoms with van der Waals surface area (Å²) in [5.74, 6) is 0. The number of nitrogens with one attached hydrogen (secondary N) is 1. The second kappa shape index (κ2) is 6.64. The highest BCUT2D eigenvalue weighted by molar-refractivity contribution is 14.1. The number of hydrogen-bond donors (Lipinski definition) is 1. The first-order chi connectivity index (χ1) is 11.4. The maximum Gasteiger partial charge on any atom is 0.322 e. The number of benzene rings is 1. The number of thiazole rings is 1. The Bertz CT molecular complexity index is 885. The van der Waals surface area contributed by atoms with Crippen LogP contribution in [0.1, 0.15) is 18.1 Å². The van der Waals surface area contributed by atoms with E-state index in [1.165, 1.54) is 29.8 Å². The van der Waals surface area contributed by atoms with E-state index in [0.29, 0.717) is 16.3 Å². The van der Waals surface area contributed by atoms with Crippen molar-refractivity contribution in [2.75, 3.05) is 0 Å². The SMILES string of the molecule is CC(=N)c1ccc(-c2csc(-c3cnccc3C(F)(F)I)n2)cc1. The van der Waals surface area contributed by atoms with Gasteiger partial charge in [0, 0.05) is 62.8 Å². The van der Waals surface area contributed by atoms with Crippen LogP contribution in [0.5, 0.6) is 0 Å². The Kier molecular flexibility index (Phi) is 4.73. The topological polar surface area (TPSA) is 49.6 Å². The Morgan fingerprint density at radius 2 is 1.92 bits per heavy atom. The third-order valence-electron chi connectivity index (χ3n) is 3.47. The zero-order chi connectivity index (χ0) is 17.3. The Morgan fingerprint density at radius 3 is 2.54 bits per heavy atom. The molecule has 3 rings (SSSR count). The predicted molar refractivity (Wildman–Crippen MR) is 101 cm³/mol. The van der Waals surface area contributed by atoms with Gasteiger partial charge in [0.1, 0.15) is 5.01 Å². The van der Waals surface area contributed by atoms with Gasteiger partial charge in [-0.2, -0.15) is 8.78 Å². The lowest BCUT2D eigenvalue weighted by molar-refractivity contribution is 0.128. The van der Waals surface area contributed by atoms with Crippen molar-refractivity contribution >= 4 is 39.6 Å². The third kappa shape index (κ3) is 3.51. The van der Waals surface area contributed by atoms with Crippen molar-refractivity contribution < 1.29 is 8.78 Å². The molecule has 2 heterocycles. The number of pyridine rings is 1. The predicted octanol–water partition coefficient (Wildman–Crippen LogP) is 5.74. The molecule has 0 aliphatic rings. The van der Waals surface area contributed by atoms with E-state index < -0.39 is 3.93 Å². The second-order valence-corrected chi connectivity index (χ2v) is 7.37. The molecule has 3 nitrogen and oxygen atoms in total. The van der Waals surface area contributed by atoms with Crippen LogP contribution in [0.3, 0.4) is 0 Å². The fraction of sp³-hybridized carbons (Fsp3) is 0.118. The van der Waals surface area contributed by atoms with Crippen LogP contribution in [0.4, 0.5) is 8.78 Å². The Morgan fingerprint density at radius 1 is 1.21 bits per heavy atom. The average molecular weight is 455 g/mol. The van der Waals surface area contributed by atoms with Crippen LogP contribution in [0, 0.1) is 5.41 Å². The van der Waals surface area contributed by atoms with E-state index in [-0.39, 0.29) is 5.56 Å². The molecule has 1 aromatic carbocycles. The molecule has 0 aliphatic carbocycles. The largest absolute Gasteiger partial charge is 0.322 e. The van der Waals surface area contributed by atoms with Crippen LogP contribution in [0.2, 0.25) is 0 Å². The van der Waals surface area contributed by atoms with Crippen molar-refractivity contribution in [3.05, 3.63) is 59.2 Å². The minimum absolute atomic E-state index is 0.0891. The number of alkyl halides is 3. The van der Waals surface area contributed by atoms with E-state index in [2.05, 4.69) is 9.97 Å². The summed E-state index contributed by atoms with van der Waals surface area (Å²) in [5, 5.41) is 9.96. The number of hydrogen-bond acceptors (Lipinski definition) is 4. The van der Waals surface area contributed by atoms with Crippen LogP contribution in [0.25, 0.3) is 21.8 Å². The van der Waals surface area contributed by atoms with Crippen LogP contribution in [-0.4, -0.2) is 15.7 Å². The molecule has 0 unspecified atom stereocenters. The molecule has 0 saturated heterocycles. The quantitative estimate of drug-likeness (QED) is 0.310. The van der Waals surface area contributed by atoms with Gasteiger partial charge in [-0.1, -0.05) is 24.3 Å². The van der Waals surface area contributed by atoms with Gasteiger partial charge in [0.05, 0.1) is 5.69 Å². The highest BCUT2D eigenvalue weighted by Gasteiger charge is 2.31. The normalized spacial score (nSPS) is 11.5. The molecule has 0 bridgehead atoms. The molecule has 0 aliphatic heterocycles. The monoisotopic (exact) mass is 455 g/mol. The molecule has 1 N–H and O–H groups in total. The van der Waals surface area contributed by atoms with E-state index in [9.17, 15) is 8.78 Å². The van der Waals surface area contributed by atoms with Crippen molar-refractivity contribution in [1.29, 1.82) is 5.41 Å². The summed E-state index contributed by atoms with van der Waals surface area (Å²) in [5.41, 5.74) is 3.19. The number of nitrogens with zero attached hydrogens (tertiary/aromatic N) is 2. The molecular weight excluding hydrogens is 443 g/mol. The molecule has 0 saturated carbocycles. The molecule has 0 spiro atoms. The molecular formula is C17H12F2IN3S. The highest BCUT2D eigenvalue weighted by Crippen LogP contribution is 2.41. The minimum atomic E-state index is -2.98. The molecule has 7 heteroatoms. The van der Waals surface area contributed by atoms with Gasteiger partial charge in [0.15, 0.2) is 0 Å². The zero-order valence-electron chi connectivity index (χ0n) is 12.6. The van der Waals surface area contributed by atoms with Crippen molar-refractivity contribution in [2.24, 2.45) is 0 Å². The van der Waals surface area contributed by atoms with Gasteiger partial charge in [0.2, 0.25) is 0 Å². The summed E-state index contributed by atoms with van der Waals surface area (Å²) < 4.78 is 24.6. The Balaban J connectivity index is 1.99. The van der Waals surface area contributed by atoms with E-state index in [1.807, 2.05) is 29.6 Å². The molecule has 2 aromatic heterocycles. The van der Waals surface area contributed by atoms with Crippen molar-refractivity contribution in [1.82, 2.24) is 9.97 Å². The molecule has 122 valence electrons. The maximum absolute atomic E-state index is 13.8. The lowest BCUT2D eigenvalue weighted by Crippen LogP contribution is -2.05. The van der Waals surface area contributed by atoms with Crippen LogP contribution >= 0.6 is 33.9 Å². The summed E-state index contributed by atoms with van der Waals surface area (Å²) in [6.45, 7) is 1.73. The first-order valence-electron chi connectivity index (χ1n) is 6.99. The summed E-state index contributed by atoms with van der Waals surface area (Å²) in [4.78, 5) is 8.44. The molecule has 0 fully saturated rings. The van der Waals surface area contributed by atoms with Gasteiger partial charge in [0.25, 0.3) is 0 Å². The second-order valence-electron chi connectivity index (χ2n) is 5.16. The lowest BCUT2D eigenvalue weighted by atomic mass is 10.1. The molecule has 24 heavy (non-hydrogen) atoms. The fourth-order valence-corrected chi connectivity index (χ4v) is 3.56. The Hall–Kier alpha value is -1.74. The maximum atomic E-state index is 13.8. The lowest BCUT2D eigenvalue weighted by Gasteiger charge is -2.11. The van der Waals surface area contributed by atoms with E-state index >= 15 is 0 Å². The minimum Gasteiger partial charge on any atom is -0.305 e. The van der Waals surface area contributed by atoms with Crippen molar-refractivity contribution in [2.45, 2.75) is 10.9 Å². The molecule has 0 atom stereocenters. The summed E-state index contributed by atoms with van der Waals surface area (Å²) in [6.07, 6.45) is 2.78. The number of aromatic nitrogens is 2. The van der Waals surface area contributed by atoms with E-state index in [0.717, 1.165) is 39.4 Å². The van der Waals surface area contributed by atoms with E-state index in [4.69, 9.17) is 5.41 Å². The van der Waals surface area contributed by atoms with Crippen LogP contribution in [0.15, 0.2) is 48.1 Å². The average Bonchev–Trinajstić information content (AvgIpc) is 3.04. The van der Waals surface area contributed by atoms with Crippen molar-refractivity contribution in [3.8, 4) is 21.8 Å². The van der Waals surface area contributed by atoms with Gasteiger partial charge in [-0.05, 0) is 18.6 Å². The first kappa shape index (κ1) is 17.1. The number of rotatable bonds is 4. The standard InChI is InChI=1S/C17H12F2IN3S/c1-10(21)11-2-4-12(5-3-11)15-9-24-16(23-15)13-8-22-7-6-14(13)17(18,19)20/h2-9,21H,1H3. The zero-order valence-corrected chi connectivity index (χ0v) is 15.5. The van der Waals surface area contributed by atoms with Gasteiger partial charge >= 0.3 is 3.93 Å². The molecule has 0 amide bonds. The van der Waals surface area contributed by atoms with E-state index in [1.54, 1.807) is 6.92 Å². The van der Waals surface area contributed by atoms with Gasteiger partial charge in [-0.25, -0.2) is 4.98 Å². The first-order valence-corrected chi connectivity index (χ1v) is 8.95. The Labute approximate surface area is 155 Å². The fourth-order valence-electron chi connectivity index (χ4n) is 2.23. The number of halogens is 3. The summed E-state index contributed by atoms with van der Waals surface area (Å²) >= 11 is 2.43. The molecule has 3 aromatic rings. The summed E-state index contributed by atoms with van der Waals surface area (Å²) in [7, 11) is 0. The third-order valence-corrected chi connectivity index (χ3v) is 4.93. The smallest absolute Gasteiger partial charge is 0.305 e. The van der Waals surface area contributed by atoms with Gasteiger partial charge < -0.3 is 5.41 Å². The highest BCUT2D eigenvalue weighted by atomic mass is 127. The van der Waals surface area contributed by atoms with Crippen molar-refractivity contribution in [3.63, 3.8) is 0 Å². The van der Waals surface area contributed by atoms with Crippen LogP contribution < -0.4 is 0 Å².